The summed E-state index contributed by atoms with van der Waals surface area (Å²) >= 11 is 1.66. The molecule has 0 saturated heterocycles. The topological polar surface area (TPSA) is 25.2 Å². The molecule has 1 aromatic heterocycles. The van der Waals surface area contributed by atoms with Crippen LogP contribution in [0.15, 0.2) is 101 Å². The van der Waals surface area contributed by atoms with Gasteiger partial charge in [0.15, 0.2) is 0 Å². The van der Waals surface area contributed by atoms with E-state index in [1.807, 2.05) is 6.07 Å². The van der Waals surface area contributed by atoms with E-state index < -0.39 is 0 Å². The monoisotopic (exact) mass is 474 g/mol. The molecule has 5 rings (SSSR count). The molecule has 0 spiro atoms. The van der Waals surface area contributed by atoms with Crippen LogP contribution >= 0.6 is 11.3 Å². The molecule has 0 fully saturated rings. The molecule has 4 aromatic carbocycles. The highest BCUT2D eigenvalue weighted by Gasteiger charge is 2.18. The minimum absolute atomic E-state index is 0.381. The van der Waals surface area contributed by atoms with Crippen molar-refractivity contribution in [3.8, 4) is 11.3 Å². The third kappa shape index (κ3) is 4.69. The minimum Gasteiger partial charge on any atom is -0.245 e. The van der Waals surface area contributed by atoms with Gasteiger partial charge in [-0.2, -0.15) is 0 Å². The molecular formula is C32H30N2S. The van der Waals surface area contributed by atoms with E-state index in [2.05, 4.69) is 118 Å². The van der Waals surface area contributed by atoms with E-state index in [9.17, 15) is 0 Å². The molecular weight excluding hydrogens is 444 g/mol. The largest absolute Gasteiger partial charge is 0.245 e. The predicted molar refractivity (Wildman–Crippen MR) is 151 cm³/mol. The van der Waals surface area contributed by atoms with Crippen molar-refractivity contribution >= 4 is 33.5 Å². The Morgan fingerprint density at radius 2 is 1.34 bits per heavy atom. The lowest BCUT2D eigenvalue weighted by molar-refractivity contribution is 0.834. The van der Waals surface area contributed by atoms with Gasteiger partial charge in [-0.1, -0.05) is 119 Å². The summed E-state index contributed by atoms with van der Waals surface area (Å²) in [6.45, 7) is 8.96. The average molecular weight is 475 g/mol. The summed E-state index contributed by atoms with van der Waals surface area (Å²) in [6.07, 6.45) is 0. The summed E-state index contributed by atoms with van der Waals surface area (Å²) in [6, 6.07) is 31.9. The molecule has 0 bridgehead atoms. The summed E-state index contributed by atoms with van der Waals surface area (Å²) in [5, 5.41) is 5.54. The summed E-state index contributed by atoms with van der Waals surface area (Å²) in [5.74, 6) is 0.763. The van der Waals surface area contributed by atoms with Crippen LogP contribution in [0.5, 0.6) is 0 Å². The first kappa shape index (κ1) is 23.2. The van der Waals surface area contributed by atoms with E-state index in [1.54, 1.807) is 11.3 Å². The maximum Gasteiger partial charge on any atom is 0.143 e. The normalized spacial score (nSPS) is 12.1. The molecule has 0 amide bonds. The van der Waals surface area contributed by atoms with E-state index in [-0.39, 0.29) is 0 Å². The molecule has 35 heavy (non-hydrogen) atoms. The molecule has 3 heteroatoms. The standard InChI is InChI=1S/C32H30N2S/c1-21(2)25-17-11-18-26(22(3)4)31(25)34-30(24-13-6-5-7-14-24)32-33-29(20-35-32)28-19-10-15-23-12-8-9-16-27(23)28/h5-22H,1-4H3. The highest BCUT2D eigenvalue weighted by atomic mass is 32.1. The van der Waals surface area contributed by atoms with Gasteiger partial charge in [0.25, 0.3) is 0 Å². The summed E-state index contributed by atoms with van der Waals surface area (Å²) in [7, 11) is 0. The van der Waals surface area contributed by atoms with Crippen molar-refractivity contribution in [2.24, 2.45) is 4.99 Å². The lowest BCUT2D eigenvalue weighted by Gasteiger charge is -2.17. The van der Waals surface area contributed by atoms with E-state index >= 15 is 0 Å². The molecule has 174 valence electrons. The number of hydrogen-bond donors (Lipinski definition) is 0. The van der Waals surface area contributed by atoms with E-state index in [0.717, 1.165) is 33.2 Å². The summed E-state index contributed by atoms with van der Waals surface area (Å²) in [5.41, 5.74) is 7.79. The number of aliphatic imine (C=N–C) groups is 1. The maximum atomic E-state index is 5.38. The zero-order valence-electron chi connectivity index (χ0n) is 20.7. The number of hydrogen-bond acceptors (Lipinski definition) is 3. The second kappa shape index (κ2) is 9.97. The molecule has 2 nitrogen and oxygen atoms in total. The molecule has 0 atom stereocenters. The molecule has 0 aliphatic rings. The van der Waals surface area contributed by atoms with Gasteiger partial charge in [0.05, 0.1) is 11.4 Å². The zero-order chi connectivity index (χ0) is 24.4. The van der Waals surface area contributed by atoms with Gasteiger partial charge in [-0.15, -0.1) is 11.3 Å². The molecule has 0 aliphatic carbocycles. The Balaban J connectivity index is 1.70. The zero-order valence-corrected chi connectivity index (χ0v) is 21.5. The summed E-state index contributed by atoms with van der Waals surface area (Å²) in [4.78, 5) is 10.5. The second-order valence-electron chi connectivity index (χ2n) is 9.49. The molecule has 5 aromatic rings. The second-order valence-corrected chi connectivity index (χ2v) is 10.3. The minimum atomic E-state index is 0.381. The molecule has 0 radical (unpaired) electrons. The Hall–Kier alpha value is -3.56. The van der Waals surface area contributed by atoms with Crippen LogP contribution in [0.4, 0.5) is 5.69 Å². The number of para-hydroxylation sites is 1. The molecule has 0 saturated carbocycles. The van der Waals surface area contributed by atoms with Crippen molar-refractivity contribution in [2.75, 3.05) is 0 Å². The van der Waals surface area contributed by atoms with Crippen molar-refractivity contribution < 1.29 is 0 Å². The average Bonchev–Trinajstić information content (AvgIpc) is 3.37. The molecule has 0 aliphatic heterocycles. The predicted octanol–water partition coefficient (Wildman–Crippen LogP) is 9.38. The Morgan fingerprint density at radius 1 is 0.714 bits per heavy atom. The van der Waals surface area contributed by atoms with E-state index in [1.165, 1.54) is 21.9 Å². The number of aromatic nitrogens is 1. The van der Waals surface area contributed by atoms with Gasteiger partial charge in [-0.3, -0.25) is 0 Å². The van der Waals surface area contributed by atoms with Crippen molar-refractivity contribution in [3.05, 3.63) is 118 Å². The van der Waals surface area contributed by atoms with Gasteiger partial charge in [-0.05, 0) is 33.7 Å². The van der Waals surface area contributed by atoms with Crippen LogP contribution in [0.25, 0.3) is 22.0 Å². The van der Waals surface area contributed by atoms with Gasteiger partial charge in [0.2, 0.25) is 0 Å². The number of benzene rings is 4. The first-order chi connectivity index (χ1) is 17.0. The Bertz CT molecular complexity index is 1460. The highest BCUT2D eigenvalue weighted by molar-refractivity contribution is 7.12. The maximum absolute atomic E-state index is 5.38. The van der Waals surface area contributed by atoms with Gasteiger partial charge in [0.1, 0.15) is 10.7 Å². The van der Waals surface area contributed by atoms with Crippen LogP contribution in [0.3, 0.4) is 0 Å². The molecule has 1 heterocycles. The van der Waals surface area contributed by atoms with Gasteiger partial charge < -0.3 is 0 Å². The molecule has 0 unspecified atom stereocenters. The number of fused-ring (bicyclic) bond motifs is 1. The first-order valence-corrected chi connectivity index (χ1v) is 13.1. The van der Waals surface area contributed by atoms with Crippen LogP contribution in [0.1, 0.15) is 61.2 Å². The quantitative estimate of drug-likeness (QED) is 0.225. The fraction of sp³-hybridized carbons (Fsp3) is 0.188. The Kier molecular flexibility index (Phi) is 6.61. The van der Waals surface area contributed by atoms with Gasteiger partial charge in [0, 0.05) is 16.5 Å². The van der Waals surface area contributed by atoms with Crippen molar-refractivity contribution in [1.82, 2.24) is 4.98 Å². The summed E-state index contributed by atoms with van der Waals surface area (Å²) < 4.78 is 0. The number of thiazole rings is 1. The third-order valence-electron chi connectivity index (χ3n) is 6.39. The van der Waals surface area contributed by atoms with Crippen LogP contribution in [0.2, 0.25) is 0 Å². The van der Waals surface area contributed by atoms with Crippen LogP contribution in [-0.2, 0) is 0 Å². The highest BCUT2D eigenvalue weighted by Crippen LogP contribution is 2.37. The SMILES string of the molecule is CC(C)c1cccc(C(C)C)c1N=C(c1ccccc1)c1nc(-c2cccc3ccccc23)cs1. The van der Waals surface area contributed by atoms with Crippen LogP contribution < -0.4 is 0 Å². The van der Waals surface area contributed by atoms with Gasteiger partial charge in [-0.25, -0.2) is 9.98 Å². The van der Waals surface area contributed by atoms with Crippen molar-refractivity contribution in [1.29, 1.82) is 0 Å². The molecule has 0 N–H and O–H groups in total. The van der Waals surface area contributed by atoms with Crippen LogP contribution in [0, 0.1) is 0 Å². The van der Waals surface area contributed by atoms with Crippen molar-refractivity contribution in [3.63, 3.8) is 0 Å². The van der Waals surface area contributed by atoms with E-state index in [0.29, 0.717) is 11.8 Å². The third-order valence-corrected chi connectivity index (χ3v) is 7.23. The van der Waals surface area contributed by atoms with Gasteiger partial charge >= 0.3 is 0 Å². The fourth-order valence-electron chi connectivity index (χ4n) is 4.54. The number of rotatable bonds is 6. The van der Waals surface area contributed by atoms with E-state index in [4.69, 9.17) is 9.98 Å². The number of nitrogens with zero attached hydrogens (tertiary/aromatic N) is 2. The Labute approximate surface area is 212 Å². The lowest BCUT2D eigenvalue weighted by Crippen LogP contribution is -2.05. The smallest absolute Gasteiger partial charge is 0.143 e. The van der Waals surface area contributed by atoms with Crippen molar-refractivity contribution in [2.45, 2.75) is 39.5 Å². The lowest BCUT2D eigenvalue weighted by atomic mass is 9.92. The Morgan fingerprint density at radius 3 is 2.06 bits per heavy atom. The fourth-order valence-corrected chi connectivity index (χ4v) is 5.37. The van der Waals surface area contributed by atoms with Crippen LogP contribution in [-0.4, -0.2) is 10.7 Å². The first-order valence-electron chi connectivity index (χ1n) is 12.2.